The lowest BCUT2D eigenvalue weighted by Crippen LogP contribution is -2.41. The maximum absolute atomic E-state index is 12.9. The molecule has 1 atom stereocenters. The quantitative estimate of drug-likeness (QED) is 0.869. The number of likely N-dealkylation sites (tertiary alicyclic amines) is 1. The number of carbonyl (C=O) groups excluding carboxylic acids is 1. The molecule has 0 unspecified atom stereocenters. The standard InChI is InChI=1S/C18H21FN2O4/c19-14-3-5-15(6-4-14)24-12-13-2-1-9-21(11-13)18(23)8-7-16-10-17(22)20-25-16/h3-6,10,13H,1-2,7-9,11-12H2,(H,20,22)/t13-/m1/s1. The molecule has 2 aromatic rings. The number of hydrogen-bond donors (Lipinski definition) is 1. The van der Waals surface area contributed by atoms with Crippen molar-refractivity contribution in [3.63, 3.8) is 0 Å². The van der Waals surface area contributed by atoms with Crippen LogP contribution < -0.4 is 10.3 Å². The van der Waals surface area contributed by atoms with Crippen LogP contribution in [0.4, 0.5) is 4.39 Å². The number of nitrogens with one attached hydrogen (secondary N) is 1. The van der Waals surface area contributed by atoms with E-state index in [4.69, 9.17) is 9.26 Å². The second kappa shape index (κ2) is 8.00. The Morgan fingerprint density at radius 1 is 1.36 bits per heavy atom. The molecular formula is C18H21FN2O4. The molecule has 6 nitrogen and oxygen atoms in total. The number of piperidine rings is 1. The summed E-state index contributed by atoms with van der Waals surface area (Å²) in [7, 11) is 0. The number of ether oxygens (including phenoxy) is 1. The molecule has 134 valence electrons. The lowest BCUT2D eigenvalue weighted by Gasteiger charge is -2.32. The monoisotopic (exact) mass is 348 g/mol. The molecule has 2 heterocycles. The van der Waals surface area contributed by atoms with Crippen molar-refractivity contribution in [3.8, 4) is 5.75 Å². The molecule has 1 aromatic carbocycles. The molecule has 7 heteroatoms. The summed E-state index contributed by atoms with van der Waals surface area (Å²) in [5, 5.41) is 2.22. The van der Waals surface area contributed by atoms with Crippen LogP contribution in [-0.2, 0) is 11.2 Å². The number of aryl methyl sites for hydroxylation is 1. The second-order valence-electron chi connectivity index (χ2n) is 6.29. The third kappa shape index (κ3) is 4.95. The van der Waals surface area contributed by atoms with E-state index in [0.717, 1.165) is 19.4 Å². The fourth-order valence-electron chi connectivity index (χ4n) is 3.00. The minimum Gasteiger partial charge on any atom is -0.493 e. The van der Waals surface area contributed by atoms with Gasteiger partial charge in [0.2, 0.25) is 5.91 Å². The summed E-state index contributed by atoms with van der Waals surface area (Å²) in [4.78, 5) is 25.2. The molecule has 1 saturated heterocycles. The summed E-state index contributed by atoms with van der Waals surface area (Å²) >= 11 is 0. The second-order valence-corrected chi connectivity index (χ2v) is 6.29. The van der Waals surface area contributed by atoms with Crippen molar-refractivity contribution in [2.75, 3.05) is 19.7 Å². The van der Waals surface area contributed by atoms with Crippen molar-refractivity contribution >= 4 is 5.91 Å². The highest BCUT2D eigenvalue weighted by Crippen LogP contribution is 2.20. The molecule has 0 radical (unpaired) electrons. The molecule has 0 bridgehead atoms. The molecule has 1 N–H and O–H groups in total. The van der Waals surface area contributed by atoms with Crippen LogP contribution in [0.2, 0.25) is 0 Å². The Kier molecular flexibility index (Phi) is 5.53. The van der Waals surface area contributed by atoms with Crippen LogP contribution >= 0.6 is 0 Å². The van der Waals surface area contributed by atoms with Gasteiger partial charge in [-0.1, -0.05) is 0 Å². The lowest BCUT2D eigenvalue weighted by molar-refractivity contribution is -0.133. The zero-order valence-electron chi connectivity index (χ0n) is 13.9. The summed E-state index contributed by atoms with van der Waals surface area (Å²) in [6.07, 6.45) is 2.65. The van der Waals surface area contributed by atoms with Gasteiger partial charge in [-0.25, -0.2) is 4.39 Å². The summed E-state index contributed by atoms with van der Waals surface area (Å²) < 4.78 is 23.6. The first-order chi connectivity index (χ1) is 12.1. The molecule has 1 aromatic heterocycles. The van der Waals surface area contributed by atoms with Gasteiger partial charge in [0.1, 0.15) is 17.3 Å². The average Bonchev–Trinajstić information content (AvgIpc) is 3.05. The van der Waals surface area contributed by atoms with E-state index in [0.29, 0.717) is 37.5 Å². The first kappa shape index (κ1) is 17.3. The molecular weight excluding hydrogens is 327 g/mol. The van der Waals surface area contributed by atoms with Gasteiger partial charge in [-0.2, -0.15) is 5.16 Å². The van der Waals surface area contributed by atoms with E-state index in [9.17, 15) is 14.0 Å². The number of H-pyrrole nitrogens is 1. The summed E-state index contributed by atoms with van der Waals surface area (Å²) in [6, 6.07) is 7.30. The number of rotatable bonds is 6. The zero-order valence-corrected chi connectivity index (χ0v) is 13.9. The van der Waals surface area contributed by atoms with Crippen LogP contribution in [0, 0.1) is 11.7 Å². The molecule has 3 rings (SSSR count). The Hall–Kier alpha value is -2.57. The van der Waals surface area contributed by atoms with Gasteiger partial charge in [0.25, 0.3) is 5.56 Å². The highest BCUT2D eigenvalue weighted by Gasteiger charge is 2.24. The van der Waals surface area contributed by atoms with E-state index in [1.54, 1.807) is 12.1 Å². The number of benzene rings is 1. The van der Waals surface area contributed by atoms with E-state index in [1.807, 2.05) is 4.90 Å². The Morgan fingerprint density at radius 2 is 2.16 bits per heavy atom. The topological polar surface area (TPSA) is 75.5 Å². The first-order valence-corrected chi connectivity index (χ1v) is 8.43. The van der Waals surface area contributed by atoms with Crippen molar-refractivity contribution in [2.45, 2.75) is 25.7 Å². The zero-order chi connectivity index (χ0) is 17.6. The first-order valence-electron chi connectivity index (χ1n) is 8.43. The van der Waals surface area contributed by atoms with Crippen molar-refractivity contribution in [2.24, 2.45) is 5.92 Å². The van der Waals surface area contributed by atoms with Crippen molar-refractivity contribution in [1.29, 1.82) is 0 Å². The van der Waals surface area contributed by atoms with E-state index >= 15 is 0 Å². The lowest BCUT2D eigenvalue weighted by atomic mass is 9.98. The maximum atomic E-state index is 12.9. The predicted molar refractivity (Wildman–Crippen MR) is 88.8 cm³/mol. The molecule has 1 aliphatic heterocycles. The molecule has 25 heavy (non-hydrogen) atoms. The third-order valence-corrected chi connectivity index (χ3v) is 4.33. The molecule has 1 fully saturated rings. The number of nitrogens with zero attached hydrogens (tertiary/aromatic N) is 1. The van der Waals surface area contributed by atoms with Gasteiger partial charge in [-0.15, -0.1) is 0 Å². The highest BCUT2D eigenvalue weighted by atomic mass is 19.1. The fraction of sp³-hybridized carbons (Fsp3) is 0.444. The number of aromatic amines is 1. The van der Waals surface area contributed by atoms with Crippen molar-refractivity contribution < 1.29 is 18.4 Å². The Morgan fingerprint density at radius 3 is 2.88 bits per heavy atom. The smallest absolute Gasteiger partial charge is 0.280 e. The number of hydrogen-bond acceptors (Lipinski definition) is 4. The van der Waals surface area contributed by atoms with Crippen LogP contribution in [0.3, 0.4) is 0 Å². The van der Waals surface area contributed by atoms with E-state index in [1.165, 1.54) is 18.2 Å². The van der Waals surface area contributed by atoms with Crippen LogP contribution in [0.1, 0.15) is 25.0 Å². The van der Waals surface area contributed by atoms with Gasteiger partial charge in [0, 0.05) is 37.9 Å². The minimum absolute atomic E-state index is 0.0512. The third-order valence-electron chi connectivity index (χ3n) is 4.33. The maximum Gasteiger partial charge on any atom is 0.280 e. The summed E-state index contributed by atoms with van der Waals surface area (Å²) in [5.41, 5.74) is -0.293. The van der Waals surface area contributed by atoms with Gasteiger partial charge >= 0.3 is 0 Å². The highest BCUT2D eigenvalue weighted by molar-refractivity contribution is 5.76. The number of aromatic nitrogens is 1. The Bertz CT molecular complexity index is 753. The SMILES string of the molecule is O=C(CCc1cc(=O)[nH]o1)N1CCC[C@@H](COc2ccc(F)cc2)C1. The van der Waals surface area contributed by atoms with E-state index < -0.39 is 0 Å². The van der Waals surface area contributed by atoms with Gasteiger partial charge in [-0.3, -0.25) is 9.59 Å². The fourth-order valence-corrected chi connectivity index (χ4v) is 3.00. The number of halogens is 1. The van der Waals surface area contributed by atoms with Gasteiger partial charge in [0.05, 0.1) is 6.61 Å². The van der Waals surface area contributed by atoms with Gasteiger partial charge < -0.3 is 14.2 Å². The van der Waals surface area contributed by atoms with Crippen molar-refractivity contribution in [3.05, 3.63) is 52.3 Å². The number of carbonyl (C=O) groups is 1. The Labute approximate surface area is 144 Å². The predicted octanol–water partition coefficient (Wildman–Crippen LogP) is 2.36. The van der Waals surface area contributed by atoms with Crippen LogP contribution in [0.15, 0.2) is 39.6 Å². The van der Waals surface area contributed by atoms with Crippen molar-refractivity contribution in [1.82, 2.24) is 10.1 Å². The Balaban J connectivity index is 1.45. The van der Waals surface area contributed by atoms with E-state index in [2.05, 4.69) is 5.16 Å². The molecule has 0 aliphatic carbocycles. The van der Waals surface area contributed by atoms with Crippen LogP contribution in [-0.4, -0.2) is 35.7 Å². The van der Waals surface area contributed by atoms with Gasteiger partial charge in [0.15, 0.2) is 0 Å². The summed E-state index contributed by atoms with van der Waals surface area (Å²) in [6.45, 7) is 1.89. The van der Waals surface area contributed by atoms with E-state index in [-0.39, 0.29) is 23.2 Å². The average molecular weight is 348 g/mol. The number of amides is 1. The largest absolute Gasteiger partial charge is 0.493 e. The normalized spacial score (nSPS) is 17.5. The van der Waals surface area contributed by atoms with Gasteiger partial charge in [-0.05, 0) is 37.1 Å². The van der Waals surface area contributed by atoms with Crippen LogP contribution in [0.5, 0.6) is 5.75 Å². The summed E-state index contributed by atoms with van der Waals surface area (Å²) in [5.74, 6) is 1.14. The molecule has 0 spiro atoms. The molecule has 1 amide bonds. The molecule has 1 aliphatic rings. The minimum atomic E-state index is -0.293. The van der Waals surface area contributed by atoms with Crippen LogP contribution in [0.25, 0.3) is 0 Å². The molecule has 0 saturated carbocycles.